The van der Waals surface area contributed by atoms with Crippen LogP contribution >= 0.6 is 0 Å². The molecule has 5 aliphatic rings. The van der Waals surface area contributed by atoms with Gasteiger partial charge in [-0.1, -0.05) is 32.9 Å². The summed E-state index contributed by atoms with van der Waals surface area (Å²) in [5, 5.41) is 13.0. The number of ketones is 1. The first-order chi connectivity index (χ1) is 17.2. The zero-order chi connectivity index (χ0) is 26.7. The molecule has 202 valence electrons. The van der Waals surface area contributed by atoms with Crippen molar-refractivity contribution in [2.45, 2.75) is 84.5 Å². The average molecular weight is 519 g/mol. The van der Waals surface area contributed by atoms with Gasteiger partial charge in [0.05, 0.1) is 18.6 Å². The molecule has 1 unspecified atom stereocenters. The summed E-state index contributed by atoms with van der Waals surface area (Å²) in [4.78, 5) is 18.8. The molecule has 1 saturated heterocycles. The van der Waals surface area contributed by atoms with Crippen LogP contribution in [0.15, 0.2) is 35.7 Å². The Labute approximate surface area is 215 Å². The number of hydrogen-bond donors (Lipinski definition) is 1. The van der Waals surface area contributed by atoms with Gasteiger partial charge >= 0.3 is 0 Å². The first-order valence-corrected chi connectivity index (χ1v) is 13.2. The second-order valence-corrected chi connectivity index (χ2v) is 12.7. The lowest BCUT2D eigenvalue weighted by atomic mass is 9.59. The minimum atomic E-state index is -2.60. The normalized spacial score (nSPS) is 43.1. The van der Waals surface area contributed by atoms with Gasteiger partial charge in [-0.05, 0) is 61.5 Å². The quantitative estimate of drug-likeness (QED) is 0.603. The van der Waals surface area contributed by atoms with Crippen LogP contribution in [0.3, 0.4) is 0 Å². The third-order valence-corrected chi connectivity index (χ3v) is 9.91. The zero-order valence-corrected chi connectivity index (χ0v) is 22.2. The number of carbonyl (C=O) groups is 1. The molecular weight excluding hydrogens is 482 g/mol. The number of allylic oxidation sites excluding steroid dienone is 1. The van der Waals surface area contributed by atoms with Crippen LogP contribution < -0.4 is 4.74 Å². The molecular formula is C28H36F2N2O5. The Balaban J connectivity index is 1.52. The molecule has 2 bridgehead atoms. The highest BCUT2D eigenvalue weighted by Crippen LogP contribution is 2.72. The average Bonchev–Trinajstić information content (AvgIpc) is 3.06. The molecule has 0 radical (unpaired) electrons. The lowest BCUT2D eigenvalue weighted by Crippen LogP contribution is -2.68. The molecule has 4 aliphatic carbocycles. The highest BCUT2D eigenvalue weighted by Gasteiger charge is 2.77. The van der Waals surface area contributed by atoms with Crippen LogP contribution in [0.5, 0.6) is 6.01 Å². The maximum absolute atomic E-state index is 14.7. The molecule has 9 heteroatoms. The van der Waals surface area contributed by atoms with Crippen LogP contribution in [-0.4, -0.2) is 57.1 Å². The second kappa shape index (κ2) is 7.73. The number of rotatable bonds is 4. The summed E-state index contributed by atoms with van der Waals surface area (Å²) in [6.07, 6.45) is 2.97. The Bertz CT molecular complexity index is 1200. The van der Waals surface area contributed by atoms with Crippen molar-refractivity contribution in [3.8, 4) is 6.01 Å². The topological polar surface area (TPSA) is 82.8 Å². The van der Waals surface area contributed by atoms with E-state index in [0.29, 0.717) is 11.5 Å². The number of imidazole rings is 1. The van der Waals surface area contributed by atoms with Gasteiger partial charge in [-0.2, -0.15) is 0 Å². The SMILES string of the molecule is CC1=CC23C(=O)[C@@H](C=C4COC(C)(C)O[C@H]4[C@]2(O)[C@H]1Oc1nccn1CC(F)F)[C@H]1[C@@H](C[C@H]3C)C1(C)C. The Morgan fingerprint density at radius 1 is 1.30 bits per heavy atom. The smallest absolute Gasteiger partial charge is 0.297 e. The fourth-order valence-corrected chi connectivity index (χ4v) is 8.11. The van der Waals surface area contributed by atoms with Gasteiger partial charge in [-0.3, -0.25) is 9.36 Å². The van der Waals surface area contributed by atoms with Gasteiger partial charge in [0.1, 0.15) is 6.10 Å². The standard InChI is InChI=1S/C28H36F2N2O5/c1-14-11-27-15(2)9-18-20(25(18,3)4)17(21(27)33)10-16-13-35-26(5,6)37-23(16)28(27,34)22(14)36-24-31-7-8-32(24)12-19(29)30/h7-8,10-11,15,17-20,22-23,34H,9,12-13H2,1-6H3/t15-,17+,18-,20+,22+,23-,27?,28-/m1/s1. The van der Waals surface area contributed by atoms with Crippen molar-refractivity contribution in [2.24, 2.45) is 34.5 Å². The lowest BCUT2D eigenvalue weighted by Gasteiger charge is -2.52. The summed E-state index contributed by atoms with van der Waals surface area (Å²) in [5.74, 6) is -1.08. The molecule has 3 fully saturated rings. The van der Waals surface area contributed by atoms with E-state index in [1.807, 2.05) is 26.0 Å². The molecule has 1 N–H and O–H groups in total. The van der Waals surface area contributed by atoms with E-state index in [0.717, 1.165) is 12.0 Å². The molecule has 1 aromatic heterocycles. The first kappa shape index (κ1) is 25.2. The molecule has 2 heterocycles. The zero-order valence-electron chi connectivity index (χ0n) is 22.2. The van der Waals surface area contributed by atoms with Gasteiger partial charge in [-0.25, -0.2) is 13.8 Å². The predicted molar refractivity (Wildman–Crippen MR) is 130 cm³/mol. The number of aromatic nitrogens is 2. The maximum Gasteiger partial charge on any atom is 0.297 e. The van der Waals surface area contributed by atoms with Crippen molar-refractivity contribution < 1.29 is 32.9 Å². The Morgan fingerprint density at radius 2 is 2.03 bits per heavy atom. The Morgan fingerprint density at radius 3 is 2.73 bits per heavy atom. The minimum Gasteiger partial charge on any atom is -0.454 e. The fourth-order valence-electron chi connectivity index (χ4n) is 8.11. The van der Waals surface area contributed by atoms with Crippen LogP contribution in [0.2, 0.25) is 0 Å². The molecule has 7 nitrogen and oxygen atoms in total. The first-order valence-electron chi connectivity index (χ1n) is 13.2. The number of fused-ring (bicyclic) bond motifs is 5. The van der Waals surface area contributed by atoms with E-state index in [4.69, 9.17) is 14.2 Å². The molecule has 37 heavy (non-hydrogen) atoms. The number of ether oxygens (including phenoxy) is 3. The minimum absolute atomic E-state index is 0.0220. The van der Waals surface area contributed by atoms with E-state index in [2.05, 4.69) is 18.8 Å². The predicted octanol–water partition coefficient (Wildman–Crippen LogP) is 4.16. The van der Waals surface area contributed by atoms with Crippen molar-refractivity contribution in [1.82, 2.24) is 9.55 Å². The van der Waals surface area contributed by atoms with E-state index < -0.39 is 42.0 Å². The van der Waals surface area contributed by atoms with E-state index in [-0.39, 0.29) is 41.6 Å². The summed E-state index contributed by atoms with van der Waals surface area (Å²) >= 11 is 0. The van der Waals surface area contributed by atoms with Crippen molar-refractivity contribution in [3.63, 3.8) is 0 Å². The molecule has 1 aromatic rings. The van der Waals surface area contributed by atoms with Gasteiger partial charge in [0, 0.05) is 18.3 Å². The van der Waals surface area contributed by atoms with Crippen LogP contribution in [0.25, 0.3) is 0 Å². The van der Waals surface area contributed by atoms with Crippen LogP contribution in [0.4, 0.5) is 8.78 Å². The summed E-state index contributed by atoms with van der Waals surface area (Å²) in [6, 6.07) is -0.0288. The molecule has 0 amide bonds. The van der Waals surface area contributed by atoms with Crippen molar-refractivity contribution >= 4 is 5.78 Å². The molecule has 1 aliphatic heterocycles. The lowest BCUT2D eigenvalue weighted by molar-refractivity contribution is -0.301. The van der Waals surface area contributed by atoms with Gasteiger partial charge in [0.2, 0.25) is 0 Å². The van der Waals surface area contributed by atoms with E-state index in [1.54, 1.807) is 13.8 Å². The summed E-state index contributed by atoms with van der Waals surface area (Å²) in [7, 11) is 0. The summed E-state index contributed by atoms with van der Waals surface area (Å²) in [5.41, 5.74) is -1.68. The largest absolute Gasteiger partial charge is 0.454 e. The Hall–Kier alpha value is -2.10. The number of alkyl halides is 2. The summed E-state index contributed by atoms with van der Waals surface area (Å²) in [6.45, 7) is 11.5. The van der Waals surface area contributed by atoms with Gasteiger partial charge in [0.25, 0.3) is 12.4 Å². The summed E-state index contributed by atoms with van der Waals surface area (Å²) < 4.78 is 46.5. The molecule has 6 rings (SSSR count). The molecule has 2 saturated carbocycles. The van der Waals surface area contributed by atoms with Gasteiger partial charge in [0.15, 0.2) is 23.3 Å². The fraction of sp³-hybridized carbons (Fsp3) is 0.714. The van der Waals surface area contributed by atoms with Crippen LogP contribution in [0.1, 0.15) is 48.0 Å². The maximum atomic E-state index is 14.7. The van der Waals surface area contributed by atoms with E-state index in [9.17, 15) is 18.7 Å². The second-order valence-electron chi connectivity index (χ2n) is 12.7. The highest BCUT2D eigenvalue weighted by molar-refractivity contribution is 5.95. The van der Waals surface area contributed by atoms with Crippen molar-refractivity contribution in [1.29, 1.82) is 0 Å². The van der Waals surface area contributed by atoms with E-state index in [1.165, 1.54) is 17.0 Å². The third-order valence-electron chi connectivity index (χ3n) is 9.91. The number of carbonyl (C=O) groups excluding carboxylic acids is 1. The van der Waals surface area contributed by atoms with Crippen LogP contribution in [-0.2, 0) is 20.8 Å². The van der Waals surface area contributed by atoms with Crippen molar-refractivity contribution in [2.75, 3.05) is 6.61 Å². The molecule has 8 atom stereocenters. The highest BCUT2D eigenvalue weighted by atomic mass is 19.3. The van der Waals surface area contributed by atoms with E-state index >= 15 is 0 Å². The van der Waals surface area contributed by atoms with Gasteiger partial charge < -0.3 is 19.3 Å². The monoisotopic (exact) mass is 518 g/mol. The third kappa shape index (κ3) is 3.26. The molecule has 0 aromatic carbocycles. The number of Topliss-reactive ketones (excluding diaryl/α,β-unsaturated/α-hetero) is 1. The van der Waals surface area contributed by atoms with Crippen LogP contribution in [0, 0.1) is 34.5 Å². The number of halogens is 2. The number of hydrogen-bond acceptors (Lipinski definition) is 6. The van der Waals surface area contributed by atoms with Gasteiger partial charge in [-0.15, -0.1) is 0 Å². The van der Waals surface area contributed by atoms with Crippen molar-refractivity contribution in [3.05, 3.63) is 35.7 Å². The molecule has 1 spiro atoms. The number of aliphatic hydroxyl groups is 1. The number of nitrogens with zero attached hydrogens (tertiary/aromatic N) is 2. The Kier molecular flexibility index (Phi) is 5.26.